The van der Waals surface area contributed by atoms with Crippen molar-refractivity contribution in [1.29, 1.82) is 0 Å². The molecule has 1 aromatic heterocycles. The van der Waals surface area contributed by atoms with Gasteiger partial charge in [-0.25, -0.2) is 0 Å². The first-order chi connectivity index (χ1) is 8.09. The maximum Gasteiger partial charge on any atom is 0.231 e. The van der Waals surface area contributed by atoms with E-state index in [0.29, 0.717) is 11.8 Å². The molecule has 0 saturated heterocycles. The minimum absolute atomic E-state index is 0.0480. The van der Waals surface area contributed by atoms with Crippen LogP contribution in [0.1, 0.15) is 70.0 Å². The van der Waals surface area contributed by atoms with Gasteiger partial charge in [0.1, 0.15) is 0 Å². The van der Waals surface area contributed by atoms with Crippen LogP contribution >= 0.6 is 0 Å². The molecule has 4 nitrogen and oxygen atoms in total. The van der Waals surface area contributed by atoms with E-state index in [-0.39, 0.29) is 12.0 Å². The fourth-order valence-corrected chi connectivity index (χ4v) is 2.85. The molecule has 0 aromatic carbocycles. The molecule has 0 aliphatic heterocycles. The van der Waals surface area contributed by atoms with Gasteiger partial charge in [-0.3, -0.25) is 0 Å². The maximum absolute atomic E-state index is 6.00. The van der Waals surface area contributed by atoms with Gasteiger partial charge in [-0.15, -0.1) is 0 Å². The smallest absolute Gasteiger partial charge is 0.231 e. The van der Waals surface area contributed by atoms with Crippen molar-refractivity contribution in [3.63, 3.8) is 0 Å². The average Bonchev–Trinajstić information content (AvgIpc) is 2.83. The SMILES string of the molecule is CC(C)C(c1nc(C2CCCC2)no1)C(C)N. The highest BCUT2D eigenvalue weighted by atomic mass is 16.5. The Balaban J connectivity index is 2.15. The Morgan fingerprint density at radius 3 is 2.41 bits per heavy atom. The van der Waals surface area contributed by atoms with Crippen molar-refractivity contribution in [3.05, 3.63) is 11.7 Å². The lowest BCUT2D eigenvalue weighted by Gasteiger charge is -2.20. The molecule has 1 fully saturated rings. The quantitative estimate of drug-likeness (QED) is 0.874. The summed E-state index contributed by atoms with van der Waals surface area (Å²) in [7, 11) is 0. The minimum atomic E-state index is 0.0480. The summed E-state index contributed by atoms with van der Waals surface area (Å²) in [5.74, 6) is 2.71. The molecule has 1 heterocycles. The van der Waals surface area contributed by atoms with Crippen LogP contribution in [0.2, 0.25) is 0 Å². The highest BCUT2D eigenvalue weighted by Crippen LogP contribution is 2.34. The van der Waals surface area contributed by atoms with Crippen LogP contribution in [0.3, 0.4) is 0 Å². The van der Waals surface area contributed by atoms with Gasteiger partial charge in [0.05, 0.1) is 5.92 Å². The highest BCUT2D eigenvalue weighted by molar-refractivity contribution is 5.03. The molecule has 4 heteroatoms. The second-order valence-corrected chi connectivity index (χ2v) is 5.60. The van der Waals surface area contributed by atoms with Gasteiger partial charge in [0.15, 0.2) is 5.82 Å². The molecule has 2 rings (SSSR count). The van der Waals surface area contributed by atoms with Crippen LogP contribution in [0.4, 0.5) is 0 Å². The normalized spacial score (nSPS) is 21.0. The van der Waals surface area contributed by atoms with Gasteiger partial charge >= 0.3 is 0 Å². The van der Waals surface area contributed by atoms with Crippen LogP contribution in [0.15, 0.2) is 4.52 Å². The average molecular weight is 237 g/mol. The summed E-state index contributed by atoms with van der Waals surface area (Å²) in [5.41, 5.74) is 6.00. The molecule has 0 amide bonds. The van der Waals surface area contributed by atoms with Crippen LogP contribution < -0.4 is 5.73 Å². The zero-order valence-electron chi connectivity index (χ0n) is 11.0. The fraction of sp³-hybridized carbons (Fsp3) is 0.846. The van der Waals surface area contributed by atoms with E-state index in [1.807, 2.05) is 6.92 Å². The molecular weight excluding hydrogens is 214 g/mol. The maximum atomic E-state index is 6.00. The molecule has 1 aromatic rings. The van der Waals surface area contributed by atoms with E-state index in [1.165, 1.54) is 25.7 Å². The zero-order valence-corrected chi connectivity index (χ0v) is 11.0. The summed E-state index contributed by atoms with van der Waals surface area (Å²) in [5, 5.41) is 4.14. The molecule has 1 aliphatic carbocycles. The third kappa shape index (κ3) is 2.68. The van der Waals surface area contributed by atoms with E-state index in [1.54, 1.807) is 0 Å². The van der Waals surface area contributed by atoms with E-state index in [4.69, 9.17) is 10.3 Å². The molecule has 2 unspecified atom stereocenters. The Hall–Kier alpha value is -0.900. The lowest BCUT2D eigenvalue weighted by atomic mass is 9.90. The molecular formula is C13H23N3O. The Bertz CT molecular complexity index is 345. The number of nitrogens with zero attached hydrogens (tertiary/aromatic N) is 2. The lowest BCUT2D eigenvalue weighted by molar-refractivity contribution is 0.297. The van der Waals surface area contributed by atoms with Crippen molar-refractivity contribution < 1.29 is 4.52 Å². The highest BCUT2D eigenvalue weighted by Gasteiger charge is 2.28. The van der Waals surface area contributed by atoms with Crippen LogP contribution in [-0.4, -0.2) is 16.2 Å². The van der Waals surface area contributed by atoms with Crippen molar-refractivity contribution in [3.8, 4) is 0 Å². The van der Waals surface area contributed by atoms with Crippen molar-refractivity contribution in [1.82, 2.24) is 10.1 Å². The van der Waals surface area contributed by atoms with Gasteiger partial charge < -0.3 is 10.3 Å². The molecule has 0 bridgehead atoms. The fourth-order valence-electron chi connectivity index (χ4n) is 2.85. The summed E-state index contributed by atoms with van der Waals surface area (Å²) in [6.45, 7) is 6.30. The Morgan fingerprint density at radius 2 is 1.88 bits per heavy atom. The van der Waals surface area contributed by atoms with Gasteiger partial charge in [0.25, 0.3) is 0 Å². The van der Waals surface area contributed by atoms with Gasteiger partial charge in [0.2, 0.25) is 5.89 Å². The zero-order chi connectivity index (χ0) is 12.4. The van der Waals surface area contributed by atoms with Gasteiger partial charge in [-0.05, 0) is 25.7 Å². The van der Waals surface area contributed by atoms with E-state index < -0.39 is 0 Å². The molecule has 17 heavy (non-hydrogen) atoms. The van der Waals surface area contributed by atoms with Crippen molar-refractivity contribution in [2.75, 3.05) is 0 Å². The predicted molar refractivity (Wildman–Crippen MR) is 66.7 cm³/mol. The van der Waals surface area contributed by atoms with Gasteiger partial charge in [-0.1, -0.05) is 31.8 Å². The summed E-state index contributed by atoms with van der Waals surface area (Å²) in [6, 6.07) is 0.0480. The van der Waals surface area contributed by atoms with Gasteiger partial charge in [0, 0.05) is 12.0 Å². The first kappa shape index (κ1) is 12.6. The van der Waals surface area contributed by atoms with E-state index in [2.05, 4.69) is 24.0 Å². The van der Waals surface area contributed by atoms with Gasteiger partial charge in [-0.2, -0.15) is 4.98 Å². The standard InChI is InChI=1S/C13H23N3O/c1-8(2)11(9(3)14)13-15-12(16-17-13)10-6-4-5-7-10/h8-11H,4-7,14H2,1-3H3. The lowest BCUT2D eigenvalue weighted by Crippen LogP contribution is -2.28. The van der Waals surface area contributed by atoms with Crippen LogP contribution in [0.5, 0.6) is 0 Å². The number of nitrogens with two attached hydrogens (primary N) is 1. The third-order valence-electron chi connectivity index (χ3n) is 3.75. The monoisotopic (exact) mass is 237 g/mol. The summed E-state index contributed by atoms with van der Waals surface area (Å²) >= 11 is 0. The Morgan fingerprint density at radius 1 is 1.24 bits per heavy atom. The van der Waals surface area contributed by atoms with E-state index in [0.717, 1.165) is 11.7 Å². The summed E-state index contributed by atoms with van der Waals surface area (Å²) in [4.78, 5) is 4.58. The van der Waals surface area contributed by atoms with Crippen LogP contribution in [0, 0.1) is 5.92 Å². The summed E-state index contributed by atoms with van der Waals surface area (Å²) < 4.78 is 5.42. The molecule has 2 N–H and O–H groups in total. The Kier molecular flexibility index (Phi) is 3.82. The van der Waals surface area contributed by atoms with Crippen molar-refractivity contribution >= 4 is 0 Å². The number of hydrogen-bond donors (Lipinski definition) is 1. The largest absolute Gasteiger partial charge is 0.339 e. The van der Waals surface area contributed by atoms with E-state index >= 15 is 0 Å². The predicted octanol–water partition coefficient (Wildman–Crippen LogP) is 2.81. The number of rotatable bonds is 4. The third-order valence-corrected chi connectivity index (χ3v) is 3.75. The van der Waals surface area contributed by atoms with Crippen LogP contribution in [0.25, 0.3) is 0 Å². The number of hydrogen-bond acceptors (Lipinski definition) is 4. The number of aromatic nitrogens is 2. The first-order valence-corrected chi connectivity index (χ1v) is 6.68. The summed E-state index contributed by atoms with van der Waals surface area (Å²) in [6.07, 6.45) is 4.97. The minimum Gasteiger partial charge on any atom is -0.339 e. The van der Waals surface area contributed by atoms with Crippen LogP contribution in [-0.2, 0) is 0 Å². The second kappa shape index (κ2) is 5.17. The molecule has 2 atom stereocenters. The van der Waals surface area contributed by atoms with E-state index in [9.17, 15) is 0 Å². The molecule has 0 radical (unpaired) electrons. The molecule has 96 valence electrons. The second-order valence-electron chi connectivity index (χ2n) is 5.60. The molecule has 1 aliphatic rings. The van der Waals surface area contributed by atoms with Crippen molar-refractivity contribution in [2.45, 2.75) is 64.3 Å². The molecule has 1 saturated carbocycles. The first-order valence-electron chi connectivity index (χ1n) is 6.68. The molecule has 0 spiro atoms. The van der Waals surface area contributed by atoms with Crippen molar-refractivity contribution in [2.24, 2.45) is 11.7 Å². The topological polar surface area (TPSA) is 64.9 Å². The Labute approximate surface area is 103 Å².